The maximum absolute atomic E-state index is 12.7. The molecule has 0 radical (unpaired) electrons. The van der Waals surface area contributed by atoms with Crippen molar-refractivity contribution in [1.29, 1.82) is 0 Å². The second-order valence-corrected chi connectivity index (χ2v) is 10.0. The first-order chi connectivity index (χ1) is 15.3. The molecule has 2 aromatic heterocycles. The Bertz CT molecular complexity index is 990. The number of aryl methyl sites for hydroxylation is 2. The van der Waals surface area contributed by atoms with Gasteiger partial charge in [-0.05, 0) is 64.9 Å². The van der Waals surface area contributed by atoms with E-state index in [9.17, 15) is 9.59 Å². The van der Waals surface area contributed by atoms with E-state index in [4.69, 9.17) is 10.1 Å². The Labute approximate surface area is 191 Å². The van der Waals surface area contributed by atoms with Crippen molar-refractivity contribution in [3.8, 4) is 0 Å². The zero-order valence-corrected chi connectivity index (χ0v) is 20.0. The smallest absolute Gasteiger partial charge is 0.222 e. The summed E-state index contributed by atoms with van der Waals surface area (Å²) < 4.78 is 1.92. The molecule has 1 aliphatic heterocycles. The molecule has 2 amide bonds. The SMILES string of the molecule is Cc1nc2cc([C@@H]3CCN(C(=O)CC4CCCC4)C3)nn2c(C)c1CCC(=O)NC(C)C. The van der Waals surface area contributed by atoms with Gasteiger partial charge >= 0.3 is 0 Å². The predicted octanol–water partition coefficient (Wildman–Crippen LogP) is 3.70. The van der Waals surface area contributed by atoms with Crippen LogP contribution >= 0.6 is 0 Å². The van der Waals surface area contributed by atoms with Crippen LogP contribution in [0.15, 0.2) is 6.07 Å². The van der Waals surface area contributed by atoms with Crippen LogP contribution in [0.4, 0.5) is 0 Å². The molecule has 0 unspecified atom stereocenters. The van der Waals surface area contributed by atoms with E-state index in [2.05, 4.69) is 18.3 Å². The molecule has 7 heteroatoms. The zero-order valence-electron chi connectivity index (χ0n) is 20.0. The molecular weight excluding hydrogens is 402 g/mol. The third-order valence-corrected chi connectivity index (χ3v) is 7.13. The minimum Gasteiger partial charge on any atom is -0.354 e. The van der Waals surface area contributed by atoms with E-state index in [0.29, 0.717) is 31.1 Å². The molecule has 1 atom stereocenters. The first kappa shape index (κ1) is 22.7. The molecule has 2 aliphatic rings. The standard InChI is InChI=1S/C25H37N5O2/c1-16(2)26-24(31)10-9-21-17(3)27-23-14-22(28-30(23)18(21)4)20-11-12-29(15-20)25(32)13-19-7-5-6-8-19/h14,16,19-20H,5-13,15H2,1-4H3,(H,26,31)/t20-/m1/s1. The van der Waals surface area contributed by atoms with E-state index in [1.165, 1.54) is 25.7 Å². The Morgan fingerprint density at radius 2 is 1.94 bits per heavy atom. The highest BCUT2D eigenvalue weighted by Crippen LogP contribution is 2.31. The van der Waals surface area contributed by atoms with Gasteiger partial charge in [0.25, 0.3) is 0 Å². The van der Waals surface area contributed by atoms with Crippen molar-refractivity contribution in [2.75, 3.05) is 13.1 Å². The maximum atomic E-state index is 12.7. The van der Waals surface area contributed by atoms with Crippen molar-refractivity contribution in [2.24, 2.45) is 5.92 Å². The first-order valence-corrected chi connectivity index (χ1v) is 12.2. The third-order valence-electron chi connectivity index (χ3n) is 7.13. The normalized spacial score (nSPS) is 19.4. The van der Waals surface area contributed by atoms with Gasteiger partial charge in [0, 0.05) is 55.3 Å². The van der Waals surface area contributed by atoms with Crippen LogP contribution in [0.2, 0.25) is 0 Å². The van der Waals surface area contributed by atoms with Gasteiger partial charge in [0.15, 0.2) is 5.65 Å². The molecule has 1 N–H and O–H groups in total. The summed E-state index contributed by atoms with van der Waals surface area (Å²) in [5.74, 6) is 1.24. The van der Waals surface area contributed by atoms with Crippen molar-refractivity contribution in [2.45, 2.75) is 91.0 Å². The molecule has 7 nitrogen and oxygen atoms in total. The number of carbonyl (C=O) groups is 2. The van der Waals surface area contributed by atoms with E-state index < -0.39 is 0 Å². The fourth-order valence-corrected chi connectivity index (χ4v) is 5.36. The molecule has 2 aromatic rings. The molecule has 0 spiro atoms. The van der Waals surface area contributed by atoms with Gasteiger partial charge in [0.1, 0.15) is 0 Å². The molecule has 174 valence electrons. The van der Waals surface area contributed by atoms with E-state index in [-0.39, 0.29) is 17.9 Å². The van der Waals surface area contributed by atoms with Gasteiger partial charge in [0.05, 0.1) is 5.69 Å². The highest BCUT2D eigenvalue weighted by atomic mass is 16.2. The molecule has 2 fully saturated rings. The van der Waals surface area contributed by atoms with Crippen LogP contribution in [0.1, 0.15) is 87.4 Å². The number of nitrogens with zero attached hydrogens (tertiary/aromatic N) is 4. The molecular formula is C25H37N5O2. The van der Waals surface area contributed by atoms with Crippen LogP contribution < -0.4 is 5.32 Å². The maximum Gasteiger partial charge on any atom is 0.222 e. The van der Waals surface area contributed by atoms with Crippen LogP contribution in [-0.4, -0.2) is 50.4 Å². The van der Waals surface area contributed by atoms with E-state index >= 15 is 0 Å². The van der Waals surface area contributed by atoms with Crippen LogP contribution in [0, 0.1) is 19.8 Å². The topological polar surface area (TPSA) is 79.6 Å². The van der Waals surface area contributed by atoms with Crippen molar-refractivity contribution in [3.63, 3.8) is 0 Å². The van der Waals surface area contributed by atoms with Crippen molar-refractivity contribution >= 4 is 17.5 Å². The number of amides is 2. The number of aromatic nitrogens is 3. The number of hydrogen-bond acceptors (Lipinski definition) is 4. The number of fused-ring (bicyclic) bond motifs is 1. The Morgan fingerprint density at radius 1 is 1.19 bits per heavy atom. The summed E-state index contributed by atoms with van der Waals surface area (Å²) >= 11 is 0. The predicted molar refractivity (Wildman–Crippen MR) is 125 cm³/mol. The second-order valence-electron chi connectivity index (χ2n) is 10.0. The summed E-state index contributed by atoms with van der Waals surface area (Å²) in [4.78, 5) is 31.7. The van der Waals surface area contributed by atoms with Gasteiger partial charge in [-0.2, -0.15) is 5.10 Å². The third kappa shape index (κ3) is 4.97. The van der Waals surface area contributed by atoms with Crippen LogP contribution in [0.25, 0.3) is 5.65 Å². The second kappa shape index (κ2) is 9.59. The van der Waals surface area contributed by atoms with Crippen molar-refractivity contribution in [3.05, 3.63) is 28.7 Å². The summed E-state index contributed by atoms with van der Waals surface area (Å²) in [6, 6.07) is 2.22. The Hall–Kier alpha value is -2.44. The quantitative estimate of drug-likeness (QED) is 0.713. The Morgan fingerprint density at radius 3 is 2.66 bits per heavy atom. The molecule has 0 aromatic carbocycles. The zero-order chi connectivity index (χ0) is 22.8. The Balaban J connectivity index is 1.44. The van der Waals surface area contributed by atoms with Gasteiger partial charge in [-0.1, -0.05) is 12.8 Å². The highest BCUT2D eigenvalue weighted by molar-refractivity contribution is 5.77. The Kier molecular flexibility index (Phi) is 6.82. The van der Waals surface area contributed by atoms with Crippen molar-refractivity contribution < 1.29 is 9.59 Å². The molecule has 1 saturated heterocycles. The van der Waals surface area contributed by atoms with Gasteiger partial charge in [-0.25, -0.2) is 9.50 Å². The molecule has 32 heavy (non-hydrogen) atoms. The monoisotopic (exact) mass is 439 g/mol. The fourth-order valence-electron chi connectivity index (χ4n) is 5.36. The molecule has 0 bridgehead atoms. The number of hydrogen-bond donors (Lipinski definition) is 1. The highest BCUT2D eigenvalue weighted by Gasteiger charge is 2.31. The number of rotatable bonds is 7. The molecule has 1 saturated carbocycles. The van der Waals surface area contributed by atoms with Gasteiger partial charge < -0.3 is 10.2 Å². The van der Waals surface area contributed by atoms with E-state index in [1.807, 2.05) is 30.2 Å². The first-order valence-electron chi connectivity index (χ1n) is 12.2. The summed E-state index contributed by atoms with van der Waals surface area (Å²) in [6.45, 7) is 9.59. The number of carbonyl (C=O) groups excluding carboxylic acids is 2. The lowest BCUT2D eigenvalue weighted by Gasteiger charge is -2.18. The summed E-state index contributed by atoms with van der Waals surface area (Å²) in [7, 11) is 0. The van der Waals surface area contributed by atoms with Gasteiger partial charge in [-0.15, -0.1) is 0 Å². The summed E-state index contributed by atoms with van der Waals surface area (Å²) in [5, 5.41) is 7.84. The lowest BCUT2D eigenvalue weighted by molar-refractivity contribution is -0.131. The average Bonchev–Trinajstić information content (AvgIpc) is 3.47. The van der Waals surface area contributed by atoms with Crippen LogP contribution in [-0.2, 0) is 16.0 Å². The lowest BCUT2D eigenvalue weighted by atomic mass is 10.0. The number of nitrogens with one attached hydrogen (secondary N) is 1. The van der Waals surface area contributed by atoms with E-state index in [1.54, 1.807) is 0 Å². The molecule has 1 aliphatic carbocycles. The fraction of sp³-hybridized carbons (Fsp3) is 0.680. The minimum atomic E-state index is 0.0633. The number of likely N-dealkylation sites (tertiary alicyclic amines) is 1. The summed E-state index contributed by atoms with van der Waals surface area (Å²) in [5.41, 5.74) is 4.96. The van der Waals surface area contributed by atoms with Crippen molar-refractivity contribution in [1.82, 2.24) is 24.8 Å². The summed E-state index contributed by atoms with van der Waals surface area (Å²) in [6.07, 6.45) is 7.74. The minimum absolute atomic E-state index is 0.0633. The molecule has 3 heterocycles. The average molecular weight is 440 g/mol. The van der Waals surface area contributed by atoms with E-state index in [0.717, 1.165) is 47.8 Å². The van der Waals surface area contributed by atoms with Crippen LogP contribution in [0.5, 0.6) is 0 Å². The van der Waals surface area contributed by atoms with Crippen LogP contribution in [0.3, 0.4) is 0 Å². The van der Waals surface area contributed by atoms with Gasteiger partial charge in [0.2, 0.25) is 11.8 Å². The molecule has 4 rings (SSSR count). The lowest BCUT2D eigenvalue weighted by Crippen LogP contribution is -2.30. The largest absolute Gasteiger partial charge is 0.354 e. The van der Waals surface area contributed by atoms with Gasteiger partial charge in [-0.3, -0.25) is 9.59 Å².